The molecule has 6 rings (SSSR count). The van der Waals surface area contributed by atoms with Crippen LogP contribution in [0.5, 0.6) is 0 Å². The summed E-state index contributed by atoms with van der Waals surface area (Å²) in [6.07, 6.45) is 11.1. The smallest absolute Gasteiger partial charge is 0.160 e. The number of rotatable bonds is 4. The normalized spacial score (nSPS) is 31.8. The predicted molar refractivity (Wildman–Crippen MR) is 103 cm³/mol. The number of nitrogens with zero attached hydrogens (tertiary/aromatic N) is 3. The van der Waals surface area contributed by atoms with Gasteiger partial charge in [-0.25, -0.2) is 15.0 Å². The maximum Gasteiger partial charge on any atom is 0.160 e. The fraction of sp³-hybridized carbons (Fsp3) is 0.526. The first-order chi connectivity index (χ1) is 12.6. The van der Waals surface area contributed by atoms with Crippen molar-refractivity contribution in [1.29, 1.82) is 0 Å². The second-order valence-corrected chi connectivity index (χ2v) is 8.73. The summed E-state index contributed by atoms with van der Waals surface area (Å²) in [5.74, 6) is 4.56. The molecule has 0 spiro atoms. The van der Waals surface area contributed by atoms with Crippen LogP contribution in [0.15, 0.2) is 24.7 Å². The summed E-state index contributed by atoms with van der Waals surface area (Å²) >= 11 is 5.89. The number of hydrogen-bond donors (Lipinski definition) is 3. The highest BCUT2D eigenvalue weighted by Crippen LogP contribution is 2.56. The van der Waals surface area contributed by atoms with E-state index in [9.17, 15) is 0 Å². The lowest BCUT2D eigenvalue weighted by Crippen LogP contribution is -2.55. The Balaban J connectivity index is 1.39. The first-order valence-electron chi connectivity index (χ1n) is 9.36. The minimum Gasteiger partial charge on any atom is -0.393 e. The summed E-state index contributed by atoms with van der Waals surface area (Å²) in [6, 6.07) is 3.58. The molecule has 0 aromatic carbocycles. The van der Waals surface area contributed by atoms with E-state index < -0.39 is 0 Å². The third-order valence-electron chi connectivity index (χ3n) is 6.28. The van der Waals surface area contributed by atoms with Crippen molar-refractivity contribution in [3.05, 3.63) is 29.7 Å². The zero-order valence-electron chi connectivity index (χ0n) is 14.6. The van der Waals surface area contributed by atoms with Crippen molar-refractivity contribution in [3.63, 3.8) is 0 Å². The van der Waals surface area contributed by atoms with Crippen molar-refractivity contribution in [2.45, 2.75) is 44.1 Å². The van der Waals surface area contributed by atoms with E-state index in [0.29, 0.717) is 22.3 Å². The van der Waals surface area contributed by atoms with E-state index in [1.54, 1.807) is 24.7 Å². The summed E-state index contributed by atoms with van der Waals surface area (Å²) in [4.78, 5) is 13.0. The lowest BCUT2D eigenvalue weighted by molar-refractivity contribution is 0.0106. The average molecular weight is 371 g/mol. The minimum absolute atomic E-state index is 0.160. The molecule has 4 bridgehead atoms. The van der Waals surface area contributed by atoms with Crippen LogP contribution in [0.1, 0.15) is 38.5 Å². The molecule has 2 aromatic rings. The first-order valence-corrected chi connectivity index (χ1v) is 9.74. The average Bonchev–Trinajstić information content (AvgIpc) is 2.59. The fourth-order valence-corrected chi connectivity index (χ4v) is 5.79. The Labute approximate surface area is 158 Å². The highest BCUT2D eigenvalue weighted by Gasteiger charge is 2.51. The zero-order chi connectivity index (χ0) is 17.7. The maximum absolute atomic E-state index is 6.39. The lowest BCUT2D eigenvalue weighted by Gasteiger charge is -2.57. The van der Waals surface area contributed by atoms with E-state index >= 15 is 0 Å². The molecule has 2 aromatic heterocycles. The number of nitrogens with one attached hydrogen (secondary N) is 2. The molecule has 4 fully saturated rings. The SMILES string of the molecule is Nc1c(Nc2ccc(Cl)cn2)ncnc1NC12CC3CC(CC(C3)C1)C2. The van der Waals surface area contributed by atoms with E-state index in [2.05, 4.69) is 25.6 Å². The molecule has 7 heteroatoms. The van der Waals surface area contributed by atoms with Crippen LogP contribution in [0.2, 0.25) is 5.02 Å². The van der Waals surface area contributed by atoms with Crippen LogP contribution >= 0.6 is 11.6 Å². The number of anilines is 4. The van der Waals surface area contributed by atoms with E-state index in [0.717, 1.165) is 23.6 Å². The van der Waals surface area contributed by atoms with Gasteiger partial charge in [-0.1, -0.05) is 11.6 Å². The summed E-state index contributed by atoms with van der Waals surface area (Å²) in [7, 11) is 0. The van der Waals surface area contributed by atoms with Gasteiger partial charge >= 0.3 is 0 Å². The number of aromatic nitrogens is 3. The molecule has 0 saturated heterocycles. The van der Waals surface area contributed by atoms with E-state index in [4.69, 9.17) is 17.3 Å². The Hall–Kier alpha value is -2.08. The molecule has 0 unspecified atom stereocenters. The van der Waals surface area contributed by atoms with Crippen LogP contribution in [0, 0.1) is 17.8 Å². The highest BCUT2D eigenvalue weighted by molar-refractivity contribution is 6.30. The monoisotopic (exact) mass is 370 g/mol. The number of halogens is 1. The molecule has 2 heterocycles. The van der Waals surface area contributed by atoms with E-state index in [-0.39, 0.29) is 5.54 Å². The van der Waals surface area contributed by atoms with Crippen LogP contribution in [-0.2, 0) is 0 Å². The minimum atomic E-state index is 0.160. The van der Waals surface area contributed by atoms with E-state index in [1.807, 2.05) is 0 Å². The zero-order valence-corrected chi connectivity index (χ0v) is 15.3. The molecular formula is C19H23ClN6. The van der Waals surface area contributed by atoms with Gasteiger partial charge in [-0.05, 0) is 68.4 Å². The molecule has 0 aliphatic heterocycles. The third kappa shape index (κ3) is 2.86. The van der Waals surface area contributed by atoms with Crippen molar-refractivity contribution in [1.82, 2.24) is 15.0 Å². The standard InChI is InChI=1S/C19H23ClN6/c20-14-1-2-15(22-9-14)25-17-16(21)18(24-10-23-17)26-19-6-11-3-12(7-19)5-13(4-11)8-19/h1-2,9-13H,3-8,21H2,(H2,22,23,24,25,26). The van der Waals surface area contributed by atoms with Gasteiger partial charge in [0.25, 0.3) is 0 Å². The van der Waals surface area contributed by atoms with Gasteiger partial charge in [0.1, 0.15) is 17.8 Å². The number of hydrogen-bond acceptors (Lipinski definition) is 6. The van der Waals surface area contributed by atoms with Crippen molar-refractivity contribution in [2.24, 2.45) is 17.8 Å². The Bertz CT molecular complexity index is 786. The van der Waals surface area contributed by atoms with E-state index in [1.165, 1.54) is 38.5 Å². The van der Waals surface area contributed by atoms with Crippen LogP contribution in [0.3, 0.4) is 0 Å². The van der Waals surface area contributed by atoms with Crippen LogP contribution in [0.4, 0.5) is 23.1 Å². The molecule has 4 saturated carbocycles. The molecular weight excluding hydrogens is 348 g/mol. The third-order valence-corrected chi connectivity index (χ3v) is 6.50. The van der Waals surface area contributed by atoms with Gasteiger partial charge in [-0.15, -0.1) is 0 Å². The largest absolute Gasteiger partial charge is 0.393 e. The Kier molecular flexibility index (Phi) is 3.71. The molecule has 0 atom stereocenters. The molecule has 26 heavy (non-hydrogen) atoms. The lowest BCUT2D eigenvalue weighted by atomic mass is 9.53. The summed E-state index contributed by atoms with van der Waals surface area (Å²) < 4.78 is 0. The summed E-state index contributed by atoms with van der Waals surface area (Å²) in [5, 5.41) is 7.49. The Morgan fingerprint density at radius 3 is 2.23 bits per heavy atom. The van der Waals surface area contributed by atoms with Crippen LogP contribution in [-0.4, -0.2) is 20.5 Å². The topological polar surface area (TPSA) is 88.8 Å². The van der Waals surface area contributed by atoms with Crippen molar-refractivity contribution in [2.75, 3.05) is 16.4 Å². The predicted octanol–water partition coefficient (Wildman–Crippen LogP) is 4.23. The van der Waals surface area contributed by atoms with Crippen molar-refractivity contribution in [3.8, 4) is 0 Å². The second-order valence-electron chi connectivity index (χ2n) is 8.29. The number of nitrogens with two attached hydrogens (primary N) is 1. The quantitative estimate of drug-likeness (QED) is 0.746. The molecule has 6 nitrogen and oxygen atoms in total. The van der Waals surface area contributed by atoms with Gasteiger partial charge < -0.3 is 16.4 Å². The van der Waals surface area contributed by atoms with Gasteiger partial charge in [0.05, 0.1) is 5.02 Å². The number of pyridine rings is 1. The van der Waals surface area contributed by atoms with Gasteiger partial charge in [-0.2, -0.15) is 0 Å². The van der Waals surface area contributed by atoms with Gasteiger partial charge in [0.15, 0.2) is 11.6 Å². The van der Waals surface area contributed by atoms with Crippen molar-refractivity contribution < 1.29 is 0 Å². The fourth-order valence-electron chi connectivity index (χ4n) is 5.68. The molecule has 0 amide bonds. The van der Waals surface area contributed by atoms with Crippen molar-refractivity contribution >= 4 is 34.7 Å². The van der Waals surface area contributed by atoms with Gasteiger partial charge in [0.2, 0.25) is 0 Å². The van der Waals surface area contributed by atoms with Gasteiger partial charge in [0, 0.05) is 11.7 Å². The molecule has 4 N–H and O–H groups in total. The summed E-state index contributed by atoms with van der Waals surface area (Å²) in [6.45, 7) is 0. The summed E-state index contributed by atoms with van der Waals surface area (Å²) in [5.41, 5.74) is 7.09. The van der Waals surface area contributed by atoms with Gasteiger partial charge in [-0.3, -0.25) is 0 Å². The second kappa shape index (κ2) is 5.98. The first kappa shape index (κ1) is 16.1. The number of nitrogen functional groups attached to an aromatic ring is 1. The Morgan fingerprint density at radius 1 is 0.962 bits per heavy atom. The van der Waals surface area contributed by atoms with Crippen LogP contribution < -0.4 is 16.4 Å². The Morgan fingerprint density at radius 2 is 1.62 bits per heavy atom. The maximum atomic E-state index is 6.39. The molecule has 136 valence electrons. The molecule has 4 aliphatic rings. The molecule has 4 aliphatic carbocycles. The highest BCUT2D eigenvalue weighted by atomic mass is 35.5. The molecule has 0 radical (unpaired) electrons. The van der Waals surface area contributed by atoms with Crippen LogP contribution in [0.25, 0.3) is 0 Å².